The zero-order valence-electron chi connectivity index (χ0n) is 17.4. The van der Waals surface area contributed by atoms with Crippen LogP contribution in [0.4, 0.5) is 31.1 Å². The molecule has 0 aliphatic carbocycles. The number of alkyl halides is 6. The molecule has 0 saturated carbocycles. The molecule has 7 nitrogen and oxygen atoms in total. The van der Waals surface area contributed by atoms with Crippen molar-refractivity contribution in [1.82, 2.24) is 15.0 Å². The molecule has 0 radical (unpaired) electrons. The first kappa shape index (κ1) is 25.0. The normalized spacial score (nSPS) is 12.8. The number of nitrogens with zero attached hydrogens (tertiary/aromatic N) is 4. The second-order valence-electron chi connectivity index (χ2n) is 6.69. The molecule has 34 heavy (non-hydrogen) atoms. The largest absolute Gasteiger partial charge is 0.510 e. The molecule has 0 saturated heterocycles. The fourth-order valence-electron chi connectivity index (χ4n) is 2.88. The van der Waals surface area contributed by atoms with Crippen LogP contribution in [0.15, 0.2) is 29.6 Å². The number of carbonyl (C=O) groups is 1. The maximum atomic E-state index is 13.3. The monoisotopic (exact) mass is 504 g/mol. The molecular formula is C20H14F6N4O3S. The van der Waals surface area contributed by atoms with Gasteiger partial charge in [0.1, 0.15) is 11.8 Å². The minimum absolute atomic E-state index is 0.0101. The standard InChI is InChI=1S/C20H14F6N4O3S/c1-3-32-18(31)33-10(2)30-28-15(9-27)16(29-30)17-14(4-5-34-17)11-6-12(19(21,22)23)8-13(7-11)20(24,25)26/h4-8,10H,3H2,1-2H3. The number of thiophene rings is 1. The van der Waals surface area contributed by atoms with Gasteiger partial charge in [-0.15, -0.1) is 26.3 Å². The first-order valence-electron chi connectivity index (χ1n) is 9.43. The van der Waals surface area contributed by atoms with E-state index in [1.165, 1.54) is 18.4 Å². The Morgan fingerprint density at radius 3 is 2.29 bits per heavy atom. The summed E-state index contributed by atoms with van der Waals surface area (Å²) in [5.74, 6) is 0. The maximum Gasteiger partial charge on any atom is 0.510 e. The van der Waals surface area contributed by atoms with Crippen molar-refractivity contribution in [2.75, 3.05) is 6.61 Å². The minimum Gasteiger partial charge on any atom is -0.435 e. The van der Waals surface area contributed by atoms with Crippen molar-refractivity contribution < 1.29 is 40.6 Å². The molecule has 2 aromatic heterocycles. The second kappa shape index (κ2) is 9.34. The van der Waals surface area contributed by atoms with Crippen LogP contribution in [0.1, 0.15) is 36.9 Å². The number of hydrogen-bond acceptors (Lipinski definition) is 7. The van der Waals surface area contributed by atoms with E-state index in [-0.39, 0.29) is 40.1 Å². The van der Waals surface area contributed by atoms with Crippen molar-refractivity contribution in [3.05, 3.63) is 46.5 Å². The Balaban J connectivity index is 2.10. The Morgan fingerprint density at radius 2 is 1.76 bits per heavy atom. The van der Waals surface area contributed by atoms with Gasteiger partial charge >= 0.3 is 18.5 Å². The topological polar surface area (TPSA) is 90.0 Å². The number of halogens is 6. The fourth-order valence-corrected chi connectivity index (χ4v) is 3.78. The molecule has 1 unspecified atom stereocenters. The van der Waals surface area contributed by atoms with Crippen molar-refractivity contribution in [1.29, 1.82) is 5.26 Å². The number of carbonyl (C=O) groups excluding carboxylic acids is 1. The summed E-state index contributed by atoms with van der Waals surface area (Å²) in [5.41, 5.74) is -3.70. The highest BCUT2D eigenvalue weighted by Crippen LogP contribution is 2.42. The quantitative estimate of drug-likeness (QED) is 0.300. The summed E-state index contributed by atoms with van der Waals surface area (Å²) >= 11 is 0.939. The van der Waals surface area contributed by atoms with Crippen LogP contribution in [0.5, 0.6) is 0 Å². The molecule has 180 valence electrons. The summed E-state index contributed by atoms with van der Waals surface area (Å²) in [6.45, 7) is 2.97. The third-order valence-electron chi connectivity index (χ3n) is 4.37. The molecule has 0 amide bonds. The lowest BCUT2D eigenvalue weighted by Crippen LogP contribution is -2.17. The minimum atomic E-state index is -5.02. The number of ether oxygens (including phenoxy) is 2. The molecule has 1 aromatic carbocycles. The van der Waals surface area contributed by atoms with Gasteiger partial charge in [0, 0.05) is 5.56 Å². The lowest BCUT2D eigenvalue weighted by Gasteiger charge is -2.14. The average molecular weight is 504 g/mol. The molecule has 0 aliphatic rings. The van der Waals surface area contributed by atoms with E-state index in [4.69, 9.17) is 4.74 Å². The lowest BCUT2D eigenvalue weighted by molar-refractivity contribution is -0.143. The van der Waals surface area contributed by atoms with Crippen molar-refractivity contribution in [2.24, 2.45) is 0 Å². The molecule has 0 spiro atoms. The van der Waals surface area contributed by atoms with Crippen LogP contribution in [0.3, 0.4) is 0 Å². The average Bonchev–Trinajstić information content (AvgIpc) is 3.39. The fraction of sp³-hybridized carbons (Fsp3) is 0.300. The van der Waals surface area contributed by atoms with Crippen LogP contribution in [0.2, 0.25) is 0 Å². The van der Waals surface area contributed by atoms with Gasteiger partial charge in [-0.05, 0) is 49.1 Å². The summed E-state index contributed by atoms with van der Waals surface area (Å²) in [6.07, 6.45) is -12.2. The first-order valence-corrected chi connectivity index (χ1v) is 10.3. The van der Waals surface area contributed by atoms with Crippen LogP contribution in [-0.2, 0) is 21.8 Å². The number of benzene rings is 1. The predicted octanol–water partition coefficient (Wildman–Crippen LogP) is 6.27. The highest BCUT2D eigenvalue weighted by Gasteiger charge is 2.37. The maximum absolute atomic E-state index is 13.3. The smallest absolute Gasteiger partial charge is 0.435 e. The number of rotatable bonds is 5. The van der Waals surface area contributed by atoms with Gasteiger partial charge in [0.2, 0.25) is 6.23 Å². The van der Waals surface area contributed by atoms with Crippen molar-refractivity contribution in [3.8, 4) is 27.8 Å². The first-order chi connectivity index (χ1) is 15.8. The van der Waals surface area contributed by atoms with E-state index in [0.29, 0.717) is 12.1 Å². The molecule has 14 heteroatoms. The molecule has 0 fully saturated rings. The van der Waals surface area contributed by atoms with Gasteiger partial charge in [0.25, 0.3) is 0 Å². The highest BCUT2D eigenvalue weighted by atomic mass is 32.1. The Morgan fingerprint density at radius 1 is 1.15 bits per heavy atom. The summed E-state index contributed by atoms with van der Waals surface area (Å²) < 4.78 is 89.3. The molecule has 3 aromatic rings. The van der Waals surface area contributed by atoms with E-state index < -0.39 is 35.9 Å². The van der Waals surface area contributed by atoms with Gasteiger partial charge in [-0.3, -0.25) is 0 Å². The Labute approximate surface area is 192 Å². The molecule has 0 aliphatic heterocycles. The van der Waals surface area contributed by atoms with Gasteiger partial charge in [-0.1, -0.05) is 0 Å². The van der Waals surface area contributed by atoms with Gasteiger partial charge in [0.15, 0.2) is 5.69 Å². The number of aromatic nitrogens is 3. The van der Waals surface area contributed by atoms with Crippen molar-refractivity contribution >= 4 is 17.5 Å². The Bertz CT molecular complexity index is 1210. The van der Waals surface area contributed by atoms with Crippen LogP contribution >= 0.6 is 11.3 Å². The van der Waals surface area contributed by atoms with Gasteiger partial charge < -0.3 is 9.47 Å². The van der Waals surface area contributed by atoms with E-state index in [9.17, 15) is 36.4 Å². The Hall–Kier alpha value is -3.60. The highest BCUT2D eigenvalue weighted by molar-refractivity contribution is 7.14. The van der Waals surface area contributed by atoms with E-state index in [1.807, 2.05) is 0 Å². The third kappa shape index (κ3) is 5.30. The van der Waals surface area contributed by atoms with Gasteiger partial charge in [-0.2, -0.15) is 31.6 Å². The third-order valence-corrected chi connectivity index (χ3v) is 5.29. The summed E-state index contributed by atoms with van der Waals surface area (Å²) in [5, 5.41) is 18.9. The summed E-state index contributed by atoms with van der Waals surface area (Å²) in [6, 6.07) is 4.28. The van der Waals surface area contributed by atoms with Crippen molar-refractivity contribution in [2.45, 2.75) is 32.4 Å². The van der Waals surface area contributed by atoms with E-state index >= 15 is 0 Å². The molecule has 0 bridgehead atoms. The molecule has 2 heterocycles. The van der Waals surface area contributed by atoms with Crippen LogP contribution in [0, 0.1) is 11.3 Å². The van der Waals surface area contributed by atoms with Crippen LogP contribution in [0.25, 0.3) is 21.7 Å². The molecular weight excluding hydrogens is 490 g/mol. The summed E-state index contributed by atoms with van der Waals surface area (Å²) in [4.78, 5) is 12.5. The Kier molecular flexibility index (Phi) is 6.87. The van der Waals surface area contributed by atoms with Crippen molar-refractivity contribution in [3.63, 3.8) is 0 Å². The van der Waals surface area contributed by atoms with E-state index in [0.717, 1.165) is 16.1 Å². The van der Waals surface area contributed by atoms with Crippen LogP contribution in [-0.4, -0.2) is 27.8 Å². The van der Waals surface area contributed by atoms with Gasteiger partial charge in [-0.25, -0.2) is 4.79 Å². The van der Waals surface area contributed by atoms with E-state index in [2.05, 4.69) is 14.9 Å². The molecule has 3 rings (SSSR count). The summed E-state index contributed by atoms with van der Waals surface area (Å²) in [7, 11) is 0. The molecule has 1 atom stereocenters. The number of hydrogen-bond donors (Lipinski definition) is 0. The molecule has 0 N–H and O–H groups in total. The predicted molar refractivity (Wildman–Crippen MR) is 106 cm³/mol. The van der Waals surface area contributed by atoms with E-state index in [1.54, 1.807) is 13.0 Å². The number of nitriles is 1. The zero-order chi connectivity index (χ0) is 25.3. The lowest BCUT2D eigenvalue weighted by atomic mass is 9.98. The van der Waals surface area contributed by atoms with Crippen LogP contribution < -0.4 is 0 Å². The zero-order valence-corrected chi connectivity index (χ0v) is 18.2. The van der Waals surface area contributed by atoms with Gasteiger partial charge in [0.05, 0.1) is 22.6 Å². The second-order valence-corrected chi connectivity index (χ2v) is 7.60. The SMILES string of the molecule is CCOC(=O)OC(C)n1nc(C#N)c(-c2sccc2-c2cc(C(F)(F)F)cc(C(F)(F)F)c2)n1.